The number of amides is 2. The van der Waals surface area contributed by atoms with Crippen molar-refractivity contribution in [2.24, 2.45) is 5.73 Å². The van der Waals surface area contributed by atoms with Gasteiger partial charge in [0.05, 0.1) is 21.6 Å². The van der Waals surface area contributed by atoms with E-state index in [9.17, 15) is 24.1 Å². The maximum Gasteiger partial charge on any atom is 0.289 e. The second-order valence-electron chi connectivity index (χ2n) is 10.2. The average molecular weight is 552 g/mol. The fourth-order valence-electron chi connectivity index (χ4n) is 4.93. The quantitative estimate of drug-likeness (QED) is 0.168. The molecule has 0 saturated carbocycles. The molecule has 1 aromatic heterocycles. The maximum atomic E-state index is 13.4. The predicted octanol–water partition coefficient (Wildman–Crippen LogP) is 6.50. The molecule has 0 aliphatic heterocycles. The molecule has 3 N–H and O–H groups in total. The van der Waals surface area contributed by atoms with E-state index in [0.29, 0.717) is 16.7 Å². The fourth-order valence-corrected chi connectivity index (χ4v) is 4.93. The molecule has 2 amide bonds. The van der Waals surface area contributed by atoms with Crippen LogP contribution in [-0.2, 0) is 12.0 Å². The van der Waals surface area contributed by atoms with Gasteiger partial charge in [-0.05, 0) is 66.9 Å². The molecule has 0 aliphatic rings. The number of nitrogens with two attached hydrogens (primary N) is 1. The molecule has 4 aromatic carbocycles. The lowest BCUT2D eigenvalue weighted by atomic mass is 9.93. The molecule has 5 aromatic rings. The minimum Gasteiger partial charge on any atom is -0.460 e. The van der Waals surface area contributed by atoms with Gasteiger partial charge in [0.25, 0.3) is 17.5 Å². The van der Waals surface area contributed by atoms with Crippen LogP contribution >= 0.6 is 0 Å². The highest BCUT2D eigenvalue weighted by atomic mass is 19.1. The number of carbonyl (C=O) groups excluding carboxylic acids is 2. The first-order chi connectivity index (χ1) is 19.5. The molecule has 1 heterocycles. The molecule has 0 spiro atoms. The van der Waals surface area contributed by atoms with Gasteiger partial charge in [-0.3, -0.25) is 19.7 Å². The molecule has 0 unspecified atom stereocenters. The van der Waals surface area contributed by atoms with E-state index in [1.165, 1.54) is 36.4 Å². The summed E-state index contributed by atoms with van der Waals surface area (Å²) >= 11 is 0. The van der Waals surface area contributed by atoms with Crippen molar-refractivity contribution in [2.75, 3.05) is 0 Å². The molecule has 9 heteroatoms. The van der Waals surface area contributed by atoms with Crippen LogP contribution in [-0.4, -0.2) is 16.7 Å². The molecule has 5 rings (SSSR count). The summed E-state index contributed by atoms with van der Waals surface area (Å²) in [6, 6.07) is 24.6. The van der Waals surface area contributed by atoms with Gasteiger partial charge in [-0.25, -0.2) is 4.39 Å². The van der Waals surface area contributed by atoms with Gasteiger partial charge in [-0.15, -0.1) is 0 Å². The van der Waals surface area contributed by atoms with Crippen molar-refractivity contribution in [3.8, 4) is 11.1 Å². The van der Waals surface area contributed by atoms with Crippen LogP contribution in [0.1, 0.15) is 51.5 Å². The normalized spacial score (nSPS) is 11.4. The number of hydrogen-bond acceptors (Lipinski definition) is 5. The molecule has 0 radical (unpaired) electrons. The lowest BCUT2D eigenvalue weighted by Gasteiger charge is -2.27. The van der Waals surface area contributed by atoms with E-state index in [4.69, 9.17) is 10.2 Å². The summed E-state index contributed by atoms with van der Waals surface area (Å²) in [5.74, 6) is -1.53. The molecule has 0 fully saturated rings. The summed E-state index contributed by atoms with van der Waals surface area (Å²) in [7, 11) is 0. The Labute approximate surface area is 234 Å². The Morgan fingerprint density at radius 2 is 1.68 bits per heavy atom. The van der Waals surface area contributed by atoms with E-state index in [-0.39, 0.29) is 45.9 Å². The fraction of sp³-hybridized carbons (Fsp3) is 0.125. The molecule has 0 bridgehead atoms. The Bertz CT molecular complexity index is 1790. The second kappa shape index (κ2) is 10.7. The first-order valence-electron chi connectivity index (χ1n) is 12.8. The number of nitrogens with one attached hydrogen (secondary N) is 1. The van der Waals surface area contributed by atoms with Crippen molar-refractivity contribution in [3.05, 3.63) is 135 Å². The van der Waals surface area contributed by atoms with Crippen molar-refractivity contribution in [3.63, 3.8) is 0 Å². The second-order valence-corrected chi connectivity index (χ2v) is 10.2. The molecule has 0 saturated heterocycles. The van der Waals surface area contributed by atoms with E-state index in [1.807, 2.05) is 44.2 Å². The van der Waals surface area contributed by atoms with Crippen LogP contribution in [0.3, 0.4) is 0 Å². The van der Waals surface area contributed by atoms with Gasteiger partial charge < -0.3 is 15.5 Å². The number of carbonyl (C=O) groups is 2. The number of nitrogens with zero attached hydrogens (tertiary/aromatic N) is 1. The van der Waals surface area contributed by atoms with E-state index < -0.39 is 22.2 Å². The van der Waals surface area contributed by atoms with Crippen LogP contribution in [0.25, 0.3) is 22.1 Å². The number of halogens is 1. The van der Waals surface area contributed by atoms with Crippen molar-refractivity contribution >= 4 is 28.5 Å². The number of furan rings is 1. The number of nitro benzene ring substituents is 1. The summed E-state index contributed by atoms with van der Waals surface area (Å²) in [5.41, 5.74) is 7.11. The van der Waals surface area contributed by atoms with E-state index in [2.05, 4.69) is 5.32 Å². The summed E-state index contributed by atoms with van der Waals surface area (Å²) < 4.78 is 19.3. The zero-order valence-corrected chi connectivity index (χ0v) is 22.3. The third-order valence-electron chi connectivity index (χ3n) is 6.97. The van der Waals surface area contributed by atoms with E-state index >= 15 is 0 Å². The van der Waals surface area contributed by atoms with Crippen LogP contribution < -0.4 is 11.1 Å². The van der Waals surface area contributed by atoms with E-state index in [1.54, 1.807) is 24.3 Å². The summed E-state index contributed by atoms with van der Waals surface area (Å²) in [4.78, 5) is 37.7. The monoisotopic (exact) mass is 551 g/mol. The minimum atomic E-state index is -0.891. The first-order valence-corrected chi connectivity index (χ1v) is 12.8. The van der Waals surface area contributed by atoms with Crippen molar-refractivity contribution in [1.82, 2.24) is 5.32 Å². The Morgan fingerprint density at radius 1 is 0.976 bits per heavy atom. The van der Waals surface area contributed by atoms with Crippen molar-refractivity contribution < 1.29 is 23.3 Å². The topological polar surface area (TPSA) is 128 Å². The minimum absolute atomic E-state index is 0.0304. The van der Waals surface area contributed by atoms with Gasteiger partial charge in [-0.2, -0.15) is 0 Å². The van der Waals surface area contributed by atoms with Crippen LogP contribution in [0.5, 0.6) is 0 Å². The molecule has 206 valence electrons. The predicted molar refractivity (Wildman–Crippen MR) is 153 cm³/mol. The number of hydrogen-bond donors (Lipinski definition) is 2. The van der Waals surface area contributed by atoms with Gasteiger partial charge in [0.1, 0.15) is 22.5 Å². The zero-order chi connectivity index (χ0) is 29.3. The SMILES string of the molecule is CC(C)(NC(=O)c1cccc(-c2ccc3oc(Cc4ccc(F)cc4)c(C(N)=O)c3c2[N+](=O)[O-])c1)c1ccccc1. The van der Waals surface area contributed by atoms with Crippen molar-refractivity contribution in [1.29, 1.82) is 0 Å². The van der Waals surface area contributed by atoms with Gasteiger partial charge in [0.2, 0.25) is 0 Å². The third kappa shape index (κ3) is 5.42. The van der Waals surface area contributed by atoms with Gasteiger partial charge in [-0.1, -0.05) is 54.6 Å². The molecule has 0 aliphatic carbocycles. The Kier molecular flexibility index (Phi) is 7.11. The van der Waals surface area contributed by atoms with Crippen LogP contribution in [0, 0.1) is 15.9 Å². The third-order valence-corrected chi connectivity index (χ3v) is 6.97. The molecule has 8 nitrogen and oxygen atoms in total. The smallest absolute Gasteiger partial charge is 0.289 e. The standard InChI is InChI=1S/C32H26FN3O5/c1-32(2,22-9-4-3-5-10-22)35-31(38)21-8-6-7-20(18-21)24-15-16-25-27(29(24)36(39)40)28(30(34)37)26(41-25)17-19-11-13-23(33)14-12-19/h3-16,18H,17H2,1-2H3,(H2,34,37)(H,35,38). The highest BCUT2D eigenvalue weighted by Crippen LogP contribution is 2.41. The summed E-state index contributed by atoms with van der Waals surface area (Å²) in [6.07, 6.45) is 0.0760. The zero-order valence-electron chi connectivity index (χ0n) is 22.3. The van der Waals surface area contributed by atoms with Gasteiger partial charge >= 0.3 is 0 Å². The molecular weight excluding hydrogens is 525 g/mol. The largest absolute Gasteiger partial charge is 0.460 e. The summed E-state index contributed by atoms with van der Waals surface area (Å²) in [5, 5.41) is 15.4. The van der Waals surface area contributed by atoms with Crippen LogP contribution in [0.2, 0.25) is 0 Å². The Balaban J connectivity index is 1.57. The van der Waals surface area contributed by atoms with Gasteiger partial charge in [0, 0.05) is 12.0 Å². The van der Waals surface area contributed by atoms with Gasteiger partial charge in [0.15, 0.2) is 0 Å². The molecule has 41 heavy (non-hydrogen) atoms. The number of primary amides is 1. The lowest BCUT2D eigenvalue weighted by Crippen LogP contribution is -2.40. The first kappa shape index (κ1) is 27.3. The Hall–Kier alpha value is -5.31. The molecular formula is C32H26FN3O5. The highest BCUT2D eigenvalue weighted by molar-refractivity contribution is 6.12. The average Bonchev–Trinajstić information content (AvgIpc) is 3.32. The van der Waals surface area contributed by atoms with Crippen molar-refractivity contribution in [2.45, 2.75) is 25.8 Å². The van der Waals surface area contributed by atoms with Crippen LogP contribution in [0.4, 0.5) is 10.1 Å². The number of benzene rings is 4. The van der Waals surface area contributed by atoms with E-state index in [0.717, 1.165) is 5.56 Å². The highest BCUT2D eigenvalue weighted by Gasteiger charge is 2.30. The molecule has 0 atom stereocenters. The number of rotatable bonds is 8. The number of nitro groups is 1. The lowest BCUT2D eigenvalue weighted by molar-refractivity contribution is -0.382. The maximum absolute atomic E-state index is 13.4. The Morgan fingerprint density at radius 3 is 2.34 bits per heavy atom. The van der Waals surface area contributed by atoms with Crippen LogP contribution in [0.15, 0.2) is 95.4 Å². The summed E-state index contributed by atoms with van der Waals surface area (Å²) in [6.45, 7) is 3.77. The number of fused-ring (bicyclic) bond motifs is 1.